The predicted octanol–water partition coefficient (Wildman–Crippen LogP) is 6.00. The summed E-state index contributed by atoms with van der Waals surface area (Å²) in [6.07, 6.45) is 9.36. The van der Waals surface area contributed by atoms with E-state index in [9.17, 15) is 0 Å². The van der Waals surface area contributed by atoms with Crippen LogP contribution in [0.1, 0.15) is 64.0 Å². The molecule has 0 fully saturated rings. The van der Waals surface area contributed by atoms with Gasteiger partial charge in [0.2, 0.25) is 5.69 Å². The van der Waals surface area contributed by atoms with Crippen LogP contribution < -0.4 is 4.57 Å². The first-order valence-electron chi connectivity index (χ1n) is 9.96. The third kappa shape index (κ3) is 3.17. The van der Waals surface area contributed by atoms with Gasteiger partial charge in [-0.1, -0.05) is 64.0 Å². The van der Waals surface area contributed by atoms with Gasteiger partial charge in [-0.2, -0.15) is 4.57 Å². The fourth-order valence-electron chi connectivity index (χ4n) is 4.37. The maximum Gasteiger partial charge on any atom is 0.213 e. The van der Waals surface area contributed by atoms with Crippen LogP contribution >= 0.6 is 0 Å². The number of fused-ring (bicyclic) bond motifs is 3. The molecule has 0 saturated carbocycles. The number of allylic oxidation sites excluding steroid dienone is 1. The van der Waals surface area contributed by atoms with E-state index >= 15 is 0 Å². The number of benzene rings is 1. The fourth-order valence-corrected chi connectivity index (χ4v) is 4.37. The third-order valence-electron chi connectivity index (χ3n) is 5.91. The number of aryl methyl sites for hydroxylation is 1. The fraction of sp³-hybridized carbons (Fsp3) is 0.458. The summed E-state index contributed by atoms with van der Waals surface area (Å²) in [5, 5.41) is 0. The lowest BCUT2D eigenvalue weighted by atomic mass is 9.67. The van der Waals surface area contributed by atoms with Crippen LogP contribution in [0.15, 0.2) is 54.7 Å². The lowest BCUT2D eigenvalue weighted by Gasteiger charge is -2.37. The summed E-state index contributed by atoms with van der Waals surface area (Å²) in [5.41, 5.74) is 7.15. The molecule has 1 aromatic heterocycles. The number of hydrogen-bond donors (Lipinski definition) is 0. The number of unbranched alkanes of at least 4 members (excludes halogenated alkanes) is 1. The van der Waals surface area contributed by atoms with Crippen molar-refractivity contribution in [3.63, 3.8) is 0 Å². The Balaban J connectivity index is 2.12. The lowest BCUT2D eigenvalue weighted by molar-refractivity contribution is -0.695. The van der Waals surface area contributed by atoms with Crippen LogP contribution in [0.4, 0.5) is 0 Å². The number of rotatable bonds is 7. The number of aromatic nitrogens is 1. The summed E-state index contributed by atoms with van der Waals surface area (Å²) in [7, 11) is 0. The molecule has 1 aliphatic heterocycles. The molecule has 0 bridgehead atoms. The van der Waals surface area contributed by atoms with Crippen LogP contribution in [0.2, 0.25) is 0 Å². The van der Waals surface area contributed by atoms with Gasteiger partial charge in [0.15, 0.2) is 12.7 Å². The van der Waals surface area contributed by atoms with Gasteiger partial charge in [0, 0.05) is 12.1 Å². The van der Waals surface area contributed by atoms with Crippen molar-refractivity contribution in [2.75, 3.05) is 0 Å². The van der Waals surface area contributed by atoms with Crippen molar-refractivity contribution in [3.05, 3.63) is 65.9 Å². The average Bonchev–Trinajstić information content (AvgIpc) is 2.65. The Kier molecular flexibility index (Phi) is 5.42. The second-order valence-electron chi connectivity index (χ2n) is 7.49. The monoisotopic (exact) mass is 334 g/mol. The maximum absolute atomic E-state index is 4.53. The van der Waals surface area contributed by atoms with E-state index in [0.29, 0.717) is 0 Å². The second-order valence-corrected chi connectivity index (χ2v) is 7.49. The standard InChI is InChI=1S/C24H32N/c1-5-8-12-20-15-16-25-18-24(7-3,19(4)11-6-2)22-14-10-9-13-21(22)23(25)17-20/h9-10,13-17H,4-8,11-12,18H2,1-3H3/q+1. The zero-order valence-corrected chi connectivity index (χ0v) is 16.1. The molecular formula is C24H32N+. The summed E-state index contributed by atoms with van der Waals surface area (Å²) < 4.78 is 2.46. The molecule has 1 aliphatic rings. The lowest BCUT2D eigenvalue weighted by Crippen LogP contribution is -2.51. The van der Waals surface area contributed by atoms with Gasteiger partial charge in [0.1, 0.15) is 0 Å². The van der Waals surface area contributed by atoms with Gasteiger partial charge >= 0.3 is 0 Å². The van der Waals surface area contributed by atoms with Gasteiger partial charge in [-0.05, 0) is 42.9 Å². The second kappa shape index (κ2) is 7.56. The highest BCUT2D eigenvalue weighted by atomic mass is 15.0. The maximum atomic E-state index is 4.53. The van der Waals surface area contributed by atoms with Crippen LogP contribution in [-0.2, 0) is 18.4 Å². The van der Waals surface area contributed by atoms with E-state index in [1.165, 1.54) is 47.2 Å². The highest BCUT2D eigenvalue weighted by Crippen LogP contribution is 2.44. The Morgan fingerprint density at radius 1 is 1.12 bits per heavy atom. The van der Waals surface area contributed by atoms with Crippen molar-refractivity contribution in [1.29, 1.82) is 0 Å². The summed E-state index contributed by atoms with van der Waals surface area (Å²) in [5.74, 6) is 0. The third-order valence-corrected chi connectivity index (χ3v) is 5.91. The summed E-state index contributed by atoms with van der Waals surface area (Å²) in [6, 6.07) is 13.7. The number of nitrogens with zero attached hydrogens (tertiary/aromatic N) is 1. The number of pyridine rings is 1. The minimum atomic E-state index is 0.0647. The van der Waals surface area contributed by atoms with Crippen molar-refractivity contribution in [3.8, 4) is 11.3 Å². The van der Waals surface area contributed by atoms with Crippen molar-refractivity contribution >= 4 is 0 Å². The number of hydrogen-bond acceptors (Lipinski definition) is 0. The van der Waals surface area contributed by atoms with Crippen molar-refractivity contribution < 1.29 is 4.57 Å². The van der Waals surface area contributed by atoms with E-state index in [1.807, 2.05) is 0 Å². The zero-order valence-electron chi connectivity index (χ0n) is 16.1. The molecule has 3 rings (SSSR count). The van der Waals surface area contributed by atoms with Crippen LogP contribution in [0.5, 0.6) is 0 Å². The van der Waals surface area contributed by atoms with Gasteiger partial charge in [-0.15, -0.1) is 0 Å². The highest BCUT2D eigenvalue weighted by Gasteiger charge is 2.43. The summed E-state index contributed by atoms with van der Waals surface area (Å²) in [6.45, 7) is 12.4. The molecule has 0 radical (unpaired) electrons. The first-order chi connectivity index (χ1) is 12.2. The topological polar surface area (TPSA) is 3.88 Å². The Hall–Kier alpha value is -1.89. The smallest absolute Gasteiger partial charge is 0.197 e. The van der Waals surface area contributed by atoms with Crippen molar-refractivity contribution in [2.45, 2.75) is 71.3 Å². The molecule has 25 heavy (non-hydrogen) atoms. The van der Waals surface area contributed by atoms with E-state index in [-0.39, 0.29) is 5.41 Å². The molecule has 0 amide bonds. The molecule has 0 spiro atoms. The Morgan fingerprint density at radius 3 is 2.64 bits per heavy atom. The van der Waals surface area contributed by atoms with Crippen LogP contribution in [0, 0.1) is 0 Å². The van der Waals surface area contributed by atoms with Gasteiger partial charge < -0.3 is 0 Å². The highest BCUT2D eigenvalue weighted by molar-refractivity contribution is 5.66. The molecule has 1 atom stereocenters. The van der Waals surface area contributed by atoms with Crippen LogP contribution in [-0.4, -0.2) is 0 Å². The molecule has 0 saturated heterocycles. The minimum Gasteiger partial charge on any atom is -0.197 e. The normalized spacial score (nSPS) is 18.5. The quantitative estimate of drug-likeness (QED) is 0.432. The summed E-state index contributed by atoms with van der Waals surface area (Å²) in [4.78, 5) is 0. The van der Waals surface area contributed by atoms with Crippen LogP contribution in [0.25, 0.3) is 11.3 Å². The first kappa shape index (κ1) is 17.9. The van der Waals surface area contributed by atoms with Crippen molar-refractivity contribution in [1.82, 2.24) is 0 Å². The molecular weight excluding hydrogens is 302 g/mol. The van der Waals surface area contributed by atoms with E-state index in [1.54, 1.807) is 0 Å². The van der Waals surface area contributed by atoms with Gasteiger partial charge in [0.05, 0.1) is 11.0 Å². The van der Waals surface area contributed by atoms with Gasteiger partial charge in [-0.25, -0.2) is 0 Å². The van der Waals surface area contributed by atoms with E-state index in [4.69, 9.17) is 0 Å². The molecule has 0 aliphatic carbocycles. The predicted molar refractivity (Wildman–Crippen MR) is 107 cm³/mol. The van der Waals surface area contributed by atoms with Gasteiger partial charge in [0.25, 0.3) is 0 Å². The summed E-state index contributed by atoms with van der Waals surface area (Å²) >= 11 is 0. The van der Waals surface area contributed by atoms with Crippen LogP contribution in [0.3, 0.4) is 0 Å². The molecule has 2 heterocycles. The van der Waals surface area contributed by atoms with Crippen molar-refractivity contribution in [2.24, 2.45) is 0 Å². The first-order valence-corrected chi connectivity index (χ1v) is 9.96. The Labute approximate surface area is 153 Å². The van der Waals surface area contributed by atoms with E-state index in [2.05, 4.69) is 74.5 Å². The zero-order chi connectivity index (χ0) is 17.9. The molecule has 1 aromatic carbocycles. The Morgan fingerprint density at radius 2 is 1.92 bits per heavy atom. The molecule has 1 heteroatoms. The molecule has 1 unspecified atom stereocenters. The SMILES string of the molecule is C=C(CCC)C1(CC)C[n+]2ccc(CCCC)cc2-c2ccccc21. The molecule has 1 nitrogen and oxygen atoms in total. The molecule has 0 N–H and O–H groups in total. The average molecular weight is 335 g/mol. The molecule has 2 aromatic rings. The van der Waals surface area contributed by atoms with E-state index < -0.39 is 0 Å². The minimum absolute atomic E-state index is 0.0647. The van der Waals surface area contributed by atoms with E-state index in [0.717, 1.165) is 25.8 Å². The Bertz CT molecular complexity index is 758. The largest absolute Gasteiger partial charge is 0.213 e. The van der Waals surface area contributed by atoms with Gasteiger partial charge in [-0.3, -0.25) is 0 Å². The molecule has 132 valence electrons.